The maximum Gasteiger partial charge on any atom is 0.321 e. The first kappa shape index (κ1) is 22.1. The summed E-state index contributed by atoms with van der Waals surface area (Å²) in [7, 11) is 0. The molecule has 0 heterocycles. The molecular weight excluding hydrogens is 262 g/mol. The quantitative estimate of drug-likeness (QED) is 0.458. The monoisotopic (exact) mass is 281 g/mol. The first-order valence-corrected chi connectivity index (χ1v) is 5.22. The lowest BCUT2D eigenvalue weighted by molar-refractivity contribution is -0.144. The second-order valence-corrected chi connectivity index (χ2v) is 3.04. The van der Waals surface area contributed by atoms with Crippen LogP contribution in [0.1, 0.15) is 33.1 Å². The van der Waals surface area contributed by atoms with Gasteiger partial charge < -0.3 is 26.2 Å². The van der Waals surface area contributed by atoms with Crippen molar-refractivity contribution in [3.05, 3.63) is 0 Å². The number of rotatable bonds is 5. The number of carboxylic acid groups (broad SMARTS) is 4. The normalized spacial score (nSPS) is 9.84. The van der Waals surface area contributed by atoms with Crippen LogP contribution >= 0.6 is 0 Å². The number of aliphatic carboxylic acids is 4. The van der Waals surface area contributed by atoms with E-state index < -0.39 is 36.3 Å². The Morgan fingerprint density at radius 2 is 1.11 bits per heavy atom. The van der Waals surface area contributed by atoms with E-state index in [4.69, 9.17) is 26.2 Å². The van der Waals surface area contributed by atoms with Gasteiger partial charge in [-0.15, -0.1) is 0 Å². The first-order chi connectivity index (χ1) is 8.58. The fourth-order valence-electron chi connectivity index (χ4n) is 0.275. The molecule has 0 aromatic rings. The van der Waals surface area contributed by atoms with Crippen LogP contribution in [0, 0.1) is 0 Å². The summed E-state index contributed by atoms with van der Waals surface area (Å²) < 4.78 is 0. The molecule has 9 heteroatoms. The lowest BCUT2D eigenvalue weighted by Gasteiger charge is -1.99. The third-order valence-corrected chi connectivity index (χ3v) is 1.32. The molecule has 0 saturated heterocycles. The Morgan fingerprint density at radius 1 is 0.842 bits per heavy atom. The predicted octanol–water partition coefficient (Wildman–Crippen LogP) is -0.165. The van der Waals surface area contributed by atoms with E-state index in [0.717, 1.165) is 0 Å². The fourth-order valence-corrected chi connectivity index (χ4v) is 0.275. The molecule has 0 radical (unpaired) electrons. The Morgan fingerprint density at radius 3 is 1.16 bits per heavy atom. The van der Waals surface area contributed by atoms with Crippen LogP contribution in [0.4, 0.5) is 0 Å². The highest BCUT2D eigenvalue weighted by molar-refractivity contribution is 5.80. The molecule has 9 nitrogen and oxygen atoms in total. The Balaban J connectivity index is -0.000000219. The molecule has 0 aromatic carbocycles. The van der Waals surface area contributed by atoms with E-state index in [0.29, 0.717) is 0 Å². The number of hydrogen-bond acceptors (Lipinski definition) is 5. The standard InChI is InChI=1S/C4H7NO4.2C3H6O2/c5-2(4(8)9)1-3(6)7;2*1-2-3(4)5/h2H,1,5H2,(H,6,7)(H,8,9);2*2H2,1H3,(H,4,5)/t2-;;/m0../s1. The highest BCUT2D eigenvalue weighted by atomic mass is 16.4. The molecule has 0 aliphatic rings. The van der Waals surface area contributed by atoms with E-state index in [1.807, 2.05) is 0 Å². The zero-order valence-electron chi connectivity index (χ0n) is 10.7. The van der Waals surface area contributed by atoms with Crippen molar-refractivity contribution in [1.82, 2.24) is 0 Å². The van der Waals surface area contributed by atoms with Gasteiger partial charge in [-0.2, -0.15) is 0 Å². The van der Waals surface area contributed by atoms with Gasteiger partial charge in [0.15, 0.2) is 0 Å². The molecule has 0 bridgehead atoms. The molecule has 0 rings (SSSR count). The van der Waals surface area contributed by atoms with E-state index in [9.17, 15) is 19.2 Å². The van der Waals surface area contributed by atoms with E-state index in [1.54, 1.807) is 13.8 Å². The highest BCUT2D eigenvalue weighted by Crippen LogP contribution is 1.86. The predicted molar refractivity (Wildman–Crippen MR) is 63.7 cm³/mol. The van der Waals surface area contributed by atoms with Crippen LogP contribution in [-0.2, 0) is 19.2 Å². The number of carboxylic acids is 4. The van der Waals surface area contributed by atoms with E-state index in [2.05, 4.69) is 0 Å². The van der Waals surface area contributed by atoms with Crippen molar-refractivity contribution < 1.29 is 39.6 Å². The van der Waals surface area contributed by atoms with Crippen molar-refractivity contribution >= 4 is 23.9 Å². The van der Waals surface area contributed by atoms with Crippen LogP contribution in [0.25, 0.3) is 0 Å². The summed E-state index contributed by atoms with van der Waals surface area (Å²) >= 11 is 0. The average Bonchev–Trinajstić information content (AvgIpc) is 2.29. The minimum absolute atomic E-state index is 0.222. The van der Waals surface area contributed by atoms with E-state index >= 15 is 0 Å². The van der Waals surface area contributed by atoms with Gasteiger partial charge in [-0.3, -0.25) is 19.2 Å². The second kappa shape index (κ2) is 13.9. The van der Waals surface area contributed by atoms with Gasteiger partial charge in [-0.1, -0.05) is 13.8 Å². The Hall–Kier alpha value is -2.16. The molecule has 0 saturated carbocycles. The largest absolute Gasteiger partial charge is 0.481 e. The van der Waals surface area contributed by atoms with Gasteiger partial charge in [0.05, 0.1) is 6.42 Å². The molecule has 0 aliphatic heterocycles. The van der Waals surface area contributed by atoms with Crippen molar-refractivity contribution in [3.63, 3.8) is 0 Å². The minimum Gasteiger partial charge on any atom is -0.481 e. The van der Waals surface area contributed by atoms with Crippen LogP contribution in [0.2, 0.25) is 0 Å². The van der Waals surface area contributed by atoms with Crippen LogP contribution in [0.5, 0.6) is 0 Å². The summed E-state index contributed by atoms with van der Waals surface area (Å²) in [5.41, 5.74) is 4.84. The Bertz CT molecular complexity index is 288. The Kier molecular flexibility index (Phi) is 16.1. The fraction of sp³-hybridized carbons (Fsp3) is 0.600. The number of hydrogen-bond donors (Lipinski definition) is 5. The lowest BCUT2D eigenvalue weighted by Crippen LogP contribution is -2.32. The molecule has 112 valence electrons. The molecule has 0 fully saturated rings. The van der Waals surface area contributed by atoms with E-state index in [-0.39, 0.29) is 12.8 Å². The lowest BCUT2D eigenvalue weighted by atomic mass is 10.2. The number of carbonyl (C=O) groups is 4. The van der Waals surface area contributed by atoms with Gasteiger partial charge in [-0.05, 0) is 0 Å². The van der Waals surface area contributed by atoms with Gasteiger partial charge in [0.2, 0.25) is 0 Å². The van der Waals surface area contributed by atoms with Crippen LogP contribution in [0.15, 0.2) is 0 Å². The third kappa shape index (κ3) is 31.3. The number of nitrogens with two attached hydrogens (primary N) is 1. The van der Waals surface area contributed by atoms with Crippen molar-refractivity contribution in [1.29, 1.82) is 0 Å². The molecule has 0 unspecified atom stereocenters. The zero-order valence-corrected chi connectivity index (χ0v) is 10.7. The molecule has 0 amide bonds. The molecule has 1 atom stereocenters. The zero-order chi connectivity index (χ0) is 16.0. The maximum absolute atomic E-state index is 9.85. The molecule has 6 N–H and O–H groups in total. The Labute approximate surface area is 109 Å². The van der Waals surface area contributed by atoms with Crippen molar-refractivity contribution in [2.75, 3.05) is 0 Å². The molecule has 0 aliphatic carbocycles. The van der Waals surface area contributed by atoms with Gasteiger partial charge in [0.25, 0.3) is 0 Å². The molecule has 0 aromatic heterocycles. The molecule has 0 spiro atoms. The summed E-state index contributed by atoms with van der Waals surface area (Å²) in [6.07, 6.45) is -0.0880. The summed E-state index contributed by atoms with van der Waals surface area (Å²) in [5, 5.41) is 31.5. The maximum atomic E-state index is 9.85. The van der Waals surface area contributed by atoms with E-state index in [1.165, 1.54) is 0 Å². The van der Waals surface area contributed by atoms with Crippen molar-refractivity contribution in [3.8, 4) is 0 Å². The molecular formula is C10H19NO8. The van der Waals surface area contributed by atoms with Crippen molar-refractivity contribution in [2.45, 2.75) is 39.2 Å². The van der Waals surface area contributed by atoms with Gasteiger partial charge in [0.1, 0.15) is 6.04 Å². The first-order valence-electron chi connectivity index (χ1n) is 5.22. The summed E-state index contributed by atoms with van der Waals surface area (Å²) in [6, 6.07) is -1.29. The van der Waals surface area contributed by atoms with Crippen LogP contribution in [0.3, 0.4) is 0 Å². The van der Waals surface area contributed by atoms with Crippen LogP contribution in [-0.4, -0.2) is 50.3 Å². The van der Waals surface area contributed by atoms with Gasteiger partial charge >= 0.3 is 23.9 Å². The topological polar surface area (TPSA) is 175 Å². The second-order valence-electron chi connectivity index (χ2n) is 3.04. The highest BCUT2D eigenvalue weighted by Gasteiger charge is 2.14. The smallest absolute Gasteiger partial charge is 0.321 e. The van der Waals surface area contributed by atoms with Crippen LogP contribution < -0.4 is 5.73 Å². The average molecular weight is 281 g/mol. The van der Waals surface area contributed by atoms with Crippen molar-refractivity contribution in [2.24, 2.45) is 5.73 Å². The minimum atomic E-state index is -1.29. The third-order valence-electron chi connectivity index (χ3n) is 1.32. The van der Waals surface area contributed by atoms with Gasteiger partial charge in [-0.25, -0.2) is 0 Å². The van der Waals surface area contributed by atoms with Gasteiger partial charge in [0, 0.05) is 12.8 Å². The summed E-state index contributed by atoms with van der Waals surface area (Å²) in [4.78, 5) is 38.4. The SMILES string of the molecule is CCC(=O)O.CCC(=O)O.N[C@@H](CC(=O)O)C(=O)O. The molecule has 19 heavy (non-hydrogen) atoms. The summed E-state index contributed by atoms with van der Waals surface area (Å²) in [5.74, 6) is -3.99. The summed E-state index contributed by atoms with van der Waals surface area (Å²) in [6.45, 7) is 3.20.